The van der Waals surface area contributed by atoms with Gasteiger partial charge in [-0.3, -0.25) is 9.67 Å². The second-order valence-corrected chi connectivity index (χ2v) is 5.00. The Balaban J connectivity index is 2.77. The summed E-state index contributed by atoms with van der Waals surface area (Å²) in [6.45, 7) is 9.17. The number of nitrogens with two attached hydrogens (primary N) is 1. The Morgan fingerprint density at radius 3 is 2.65 bits per heavy atom. The molecule has 0 bridgehead atoms. The van der Waals surface area contributed by atoms with Crippen LogP contribution in [-0.2, 0) is 7.05 Å². The van der Waals surface area contributed by atoms with Gasteiger partial charge < -0.3 is 11.1 Å². The first-order valence-corrected chi connectivity index (χ1v) is 6.00. The van der Waals surface area contributed by atoms with Gasteiger partial charge >= 0.3 is 0 Å². The van der Waals surface area contributed by atoms with Gasteiger partial charge in [0.15, 0.2) is 5.96 Å². The number of hydrogen-bond acceptors (Lipinski definition) is 2. The van der Waals surface area contributed by atoms with Crippen molar-refractivity contribution in [3.05, 3.63) is 11.9 Å². The predicted octanol–water partition coefficient (Wildman–Crippen LogP) is 1.93. The molecule has 0 atom stereocenters. The number of nitrogens with zero attached hydrogens (tertiary/aromatic N) is 3. The summed E-state index contributed by atoms with van der Waals surface area (Å²) in [6.07, 6.45) is 1.92. The maximum atomic E-state index is 5.83. The molecule has 1 aromatic heterocycles. The quantitative estimate of drug-likeness (QED) is 0.621. The number of aliphatic imine (C=N–C) groups is 1. The Kier molecular flexibility index (Phi) is 4.54. The van der Waals surface area contributed by atoms with Crippen LogP contribution in [0.15, 0.2) is 11.2 Å². The smallest absolute Gasteiger partial charge is 0.193 e. The van der Waals surface area contributed by atoms with Gasteiger partial charge in [0.05, 0.1) is 11.4 Å². The van der Waals surface area contributed by atoms with Gasteiger partial charge in [0.25, 0.3) is 0 Å². The normalized spacial score (nSPS) is 12.5. The molecule has 0 spiro atoms. The molecule has 0 aliphatic heterocycles. The summed E-state index contributed by atoms with van der Waals surface area (Å²) in [5.74, 6) is 1.32. The Labute approximate surface area is 103 Å². The van der Waals surface area contributed by atoms with Crippen LogP contribution < -0.4 is 11.1 Å². The fraction of sp³-hybridized carbons (Fsp3) is 0.667. The molecule has 0 saturated carbocycles. The van der Waals surface area contributed by atoms with E-state index in [1.165, 1.54) is 0 Å². The van der Waals surface area contributed by atoms with Crippen LogP contribution in [0.1, 0.15) is 39.3 Å². The first-order valence-electron chi connectivity index (χ1n) is 6.00. The average molecular weight is 237 g/mol. The molecule has 0 aliphatic rings. The van der Waals surface area contributed by atoms with Gasteiger partial charge in [0.2, 0.25) is 0 Å². The minimum atomic E-state index is 0.358. The zero-order chi connectivity index (χ0) is 13.0. The van der Waals surface area contributed by atoms with E-state index in [0.717, 1.165) is 17.9 Å². The van der Waals surface area contributed by atoms with E-state index < -0.39 is 0 Å². The highest BCUT2D eigenvalue weighted by atomic mass is 15.3. The van der Waals surface area contributed by atoms with Gasteiger partial charge in [-0.1, -0.05) is 27.7 Å². The average Bonchev–Trinajstić information content (AvgIpc) is 2.56. The van der Waals surface area contributed by atoms with Crippen LogP contribution in [0.2, 0.25) is 0 Å². The maximum absolute atomic E-state index is 5.83. The van der Waals surface area contributed by atoms with Crippen molar-refractivity contribution >= 4 is 11.6 Å². The molecule has 0 aromatic carbocycles. The first kappa shape index (κ1) is 13.5. The number of hydrogen-bond donors (Lipinski definition) is 2. The number of guanidine groups is 1. The lowest BCUT2D eigenvalue weighted by Gasteiger charge is -2.08. The summed E-state index contributed by atoms with van der Waals surface area (Å²) in [5.41, 5.74) is 7.78. The second kappa shape index (κ2) is 5.70. The van der Waals surface area contributed by atoms with Gasteiger partial charge in [0.1, 0.15) is 0 Å². The van der Waals surface area contributed by atoms with E-state index in [1.807, 2.05) is 13.2 Å². The van der Waals surface area contributed by atoms with Crippen molar-refractivity contribution in [2.24, 2.45) is 23.7 Å². The van der Waals surface area contributed by atoms with Crippen LogP contribution in [0.25, 0.3) is 0 Å². The molecule has 1 rings (SSSR count). The lowest BCUT2D eigenvalue weighted by Crippen LogP contribution is -2.24. The van der Waals surface area contributed by atoms with Crippen LogP contribution >= 0.6 is 0 Å². The molecule has 0 radical (unpaired) electrons. The fourth-order valence-corrected chi connectivity index (χ4v) is 1.49. The molecule has 5 nitrogen and oxygen atoms in total. The third kappa shape index (κ3) is 4.09. The predicted molar refractivity (Wildman–Crippen MR) is 72.2 cm³/mol. The maximum Gasteiger partial charge on any atom is 0.193 e. The minimum Gasteiger partial charge on any atom is -0.370 e. The molecule has 3 N–H and O–H groups in total. The van der Waals surface area contributed by atoms with Crippen molar-refractivity contribution in [1.29, 1.82) is 0 Å². The number of rotatable bonds is 4. The Morgan fingerprint density at radius 2 is 2.12 bits per heavy atom. The summed E-state index contributed by atoms with van der Waals surface area (Å²) < 4.78 is 1.79. The number of nitrogens with one attached hydrogen (secondary N) is 1. The molecule has 17 heavy (non-hydrogen) atoms. The molecule has 96 valence electrons. The highest BCUT2D eigenvalue weighted by Gasteiger charge is 2.11. The molecule has 1 aromatic rings. The fourth-order valence-electron chi connectivity index (χ4n) is 1.49. The first-order chi connectivity index (χ1) is 7.90. The van der Waals surface area contributed by atoms with E-state index in [0.29, 0.717) is 17.8 Å². The van der Waals surface area contributed by atoms with Gasteiger partial charge in [0, 0.05) is 19.8 Å². The number of anilines is 1. The van der Waals surface area contributed by atoms with Crippen molar-refractivity contribution in [3.63, 3.8) is 0 Å². The highest BCUT2D eigenvalue weighted by Crippen LogP contribution is 2.21. The molecule has 1 heterocycles. The lowest BCUT2D eigenvalue weighted by atomic mass is 10.1. The molecular weight excluding hydrogens is 214 g/mol. The van der Waals surface area contributed by atoms with E-state index in [1.54, 1.807) is 4.68 Å². The summed E-state index contributed by atoms with van der Waals surface area (Å²) >= 11 is 0. The SMILES string of the molecule is CC(C)CN=C(N)Nc1cn(C)nc1C(C)C. The summed E-state index contributed by atoms with van der Waals surface area (Å²) in [6, 6.07) is 0. The van der Waals surface area contributed by atoms with Crippen LogP contribution in [0.4, 0.5) is 5.69 Å². The molecule has 0 aliphatic carbocycles. The molecular formula is C12H23N5. The Hall–Kier alpha value is -1.52. The molecule has 5 heteroatoms. The van der Waals surface area contributed by atoms with Crippen LogP contribution in [0.3, 0.4) is 0 Å². The van der Waals surface area contributed by atoms with Crippen molar-refractivity contribution in [1.82, 2.24) is 9.78 Å². The van der Waals surface area contributed by atoms with E-state index in [-0.39, 0.29) is 0 Å². The zero-order valence-electron chi connectivity index (χ0n) is 11.4. The van der Waals surface area contributed by atoms with E-state index in [9.17, 15) is 0 Å². The zero-order valence-corrected chi connectivity index (χ0v) is 11.4. The third-order valence-electron chi connectivity index (χ3n) is 2.29. The molecule has 0 unspecified atom stereocenters. The van der Waals surface area contributed by atoms with Crippen LogP contribution in [-0.4, -0.2) is 22.3 Å². The van der Waals surface area contributed by atoms with E-state index in [4.69, 9.17) is 5.73 Å². The van der Waals surface area contributed by atoms with Crippen molar-refractivity contribution < 1.29 is 0 Å². The molecule has 0 fully saturated rings. The van der Waals surface area contributed by atoms with Gasteiger partial charge in [-0.25, -0.2) is 0 Å². The second-order valence-electron chi connectivity index (χ2n) is 5.00. The standard InChI is InChI=1S/C12H23N5/c1-8(2)6-14-12(13)15-10-7-17(5)16-11(10)9(3)4/h7-9H,6H2,1-5H3,(H3,13,14,15). The number of aromatic nitrogens is 2. The van der Waals surface area contributed by atoms with Crippen LogP contribution in [0.5, 0.6) is 0 Å². The molecule has 0 amide bonds. The van der Waals surface area contributed by atoms with Crippen molar-refractivity contribution in [2.75, 3.05) is 11.9 Å². The van der Waals surface area contributed by atoms with Crippen molar-refractivity contribution in [3.8, 4) is 0 Å². The Bertz CT molecular complexity index is 390. The van der Waals surface area contributed by atoms with Gasteiger partial charge in [-0.2, -0.15) is 5.10 Å². The molecule has 0 saturated heterocycles. The topological polar surface area (TPSA) is 68.2 Å². The van der Waals surface area contributed by atoms with Crippen molar-refractivity contribution in [2.45, 2.75) is 33.6 Å². The van der Waals surface area contributed by atoms with Gasteiger partial charge in [-0.05, 0) is 11.8 Å². The minimum absolute atomic E-state index is 0.358. The van der Waals surface area contributed by atoms with Gasteiger partial charge in [-0.15, -0.1) is 0 Å². The van der Waals surface area contributed by atoms with E-state index >= 15 is 0 Å². The highest BCUT2D eigenvalue weighted by molar-refractivity contribution is 5.92. The third-order valence-corrected chi connectivity index (χ3v) is 2.29. The lowest BCUT2D eigenvalue weighted by molar-refractivity contribution is 0.665. The Morgan fingerprint density at radius 1 is 1.47 bits per heavy atom. The largest absolute Gasteiger partial charge is 0.370 e. The summed E-state index contributed by atoms with van der Waals surface area (Å²) in [4.78, 5) is 4.27. The number of aryl methyl sites for hydroxylation is 1. The summed E-state index contributed by atoms with van der Waals surface area (Å²) in [7, 11) is 1.90. The van der Waals surface area contributed by atoms with E-state index in [2.05, 4.69) is 43.1 Å². The summed E-state index contributed by atoms with van der Waals surface area (Å²) in [5, 5.41) is 7.51. The monoisotopic (exact) mass is 237 g/mol. The van der Waals surface area contributed by atoms with Crippen LogP contribution in [0, 0.1) is 5.92 Å².